The van der Waals surface area contributed by atoms with Crippen molar-refractivity contribution in [2.24, 2.45) is 0 Å². The fraction of sp³-hybridized carbons (Fsp3) is 0.188. The summed E-state index contributed by atoms with van der Waals surface area (Å²) < 4.78 is 10.5. The first-order valence-corrected chi connectivity index (χ1v) is 6.09. The molecule has 1 atom stereocenters. The largest absolute Gasteiger partial charge is 0.467 e. The summed E-state index contributed by atoms with van der Waals surface area (Å²) in [7, 11) is 1.37. The quantitative estimate of drug-likeness (QED) is 0.771. The molecule has 2 aromatic rings. The molecule has 0 spiro atoms. The van der Waals surface area contributed by atoms with E-state index in [0.29, 0.717) is 6.61 Å². The normalized spacial score (nSPS) is 11.8. The minimum atomic E-state index is -0.689. The second kappa shape index (κ2) is 6.71. The van der Waals surface area contributed by atoms with Crippen LogP contribution < -0.4 is 0 Å². The van der Waals surface area contributed by atoms with Gasteiger partial charge >= 0.3 is 5.97 Å². The van der Waals surface area contributed by atoms with Crippen molar-refractivity contribution in [3.8, 4) is 0 Å². The van der Waals surface area contributed by atoms with E-state index in [-0.39, 0.29) is 5.97 Å². The molecule has 0 amide bonds. The highest BCUT2D eigenvalue weighted by Crippen LogP contribution is 2.20. The first-order chi connectivity index (χ1) is 9.31. The van der Waals surface area contributed by atoms with Crippen molar-refractivity contribution in [2.75, 3.05) is 7.11 Å². The van der Waals surface area contributed by atoms with Gasteiger partial charge in [0, 0.05) is 0 Å². The predicted molar refractivity (Wildman–Crippen MR) is 72.4 cm³/mol. The number of methoxy groups -OCH3 is 1. The van der Waals surface area contributed by atoms with Crippen molar-refractivity contribution in [3.05, 3.63) is 71.8 Å². The third-order valence-electron chi connectivity index (χ3n) is 2.78. The molecule has 0 heterocycles. The zero-order chi connectivity index (χ0) is 13.5. The van der Waals surface area contributed by atoms with E-state index in [1.54, 1.807) is 0 Å². The van der Waals surface area contributed by atoms with Gasteiger partial charge in [0.05, 0.1) is 13.7 Å². The van der Waals surface area contributed by atoms with Gasteiger partial charge in [0.2, 0.25) is 0 Å². The number of ether oxygens (including phenoxy) is 2. The first kappa shape index (κ1) is 13.3. The fourth-order valence-corrected chi connectivity index (χ4v) is 1.79. The van der Waals surface area contributed by atoms with E-state index in [4.69, 9.17) is 9.47 Å². The summed E-state index contributed by atoms with van der Waals surface area (Å²) in [6.45, 7) is 0.371. The van der Waals surface area contributed by atoms with E-state index < -0.39 is 6.10 Å². The predicted octanol–water partition coefficient (Wildman–Crippen LogP) is 3.12. The summed E-state index contributed by atoms with van der Waals surface area (Å²) in [5, 5.41) is 0. The van der Waals surface area contributed by atoms with E-state index in [0.717, 1.165) is 11.1 Å². The topological polar surface area (TPSA) is 35.5 Å². The summed E-state index contributed by atoms with van der Waals surface area (Å²) in [5.41, 5.74) is 1.82. The minimum Gasteiger partial charge on any atom is -0.467 e. The average molecular weight is 256 g/mol. The van der Waals surface area contributed by atoms with Crippen molar-refractivity contribution >= 4 is 5.97 Å². The Morgan fingerprint density at radius 3 is 2.16 bits per heavy atom. The molecule has 0 N–H and O–H groups in total. The Kier molecular flexibility index (Phi) is 4.70. The number of rotatable bonds is 5. The minimum absolute atomic E-state index is 0.371. The molecule has 0 fully saturated rings. The van der Waals surface area contributed by atoms with Crippen LogP contribution >= 0.6 is 0 Å². The summed E-state index contributed by atoms with van der Waals surface area (Å²) in [4.78, 5) is 11.8. The van der Waals surface area contributed by atoms with Crippen molar-refractivity contribution in [2.45, 2.75) is 12.7 Å². The van der Waals surface area contributed by atoms with E-state index in [9.17, 15) is 4.79 Å². The molecule has 98 valence electrons. The van der Waals surface area contributed by atoms with E-state index in [1.165, 1.54) is 7.11 Å². The maximum Gasteiger partial charge on any atom is 0.339 e. The molecule has 0 radical (unpaired) electrons. The molecule has 0 aromatic heterocycles. The molecule has 2 rings (SSSR count). The van der Waals surface area contributed by atoms with Crippen LogP contribution in [-0.4, -0.2) is 13.1 Å². The smallest absolute Gasteiger partial charge is 0.339 e. The van der Waals surface area contributed by atoms with Crippen LogP contribution in [0.1, 0.15) is 17.2 Å². The van der Waals surface area contributed by atoms with Gasteiger partial charge in [0.15, 0.2) is 6.10 Å². The lowest BCUT2D eigenvalue weighted by Crippen LogP contribution is -2.17. The number of hydrogen-bond donors (Lipinski definition) is 0. The summed E-state index contributed by atoms with van der Waals surface area (Å²) in [6, 6.07) is 19.1. The van der Waals surface area contributed by atoms with Crippen molar-refractivity contribution in [1.82, 2.24) is 0 Å². The highest BCUT2D eigenvalue weighted by molar-refractivity contribution is 5.76. The molecule has 0 bridgehead atoms. The van der Waals surface area contributed by atoms with Crippen LogP contribution in [0.3, 0.4) is 0 Å². The monoisotopic (exact) mass is 256 g/mol. The van der Waals surface area contributed by atoms with Crippen molar-refractivity contribution in [3.63, 3.8) is 0 Å². The third-order valence-corrected chi connectivity index (χ3v) is 2.78. The number of esters is 1. The van der Waals surface area contributed by atoms with Gasteiger partial charge in [-0.15, -0.1) is 0 Å². The summed E-state index contributed by atoms with van der Waals surface area (Å²) >= 11 is 0. The molecule has 0 saturated carbocycles. The lowest BCUT2D eigenvalue weighted by atomic mass is 10.1. The van der Waals surface area contributed by atoms with Gasteiger partial charge < -0.3 is 9.47 Å². The Hall–Kier alpha value is -2.13. The van der Waals surface area contributed by atoms with Crippen molar-refractivity contribution in [1.29, 1.82) is 0 Å². The maximum atomic E-state index is 11.8. The zero-order valence-electron chi connectivity index (χ0n) is 10.8. The number of hydrogen-bond acceptors (Lipinski definition) is 3. The Morgan fingerprint density at radius 1 is 1.00 bits per heavy atom. The van der Waals surface area contributed by atoms with Gasteiger partial charge in [-0.05, 0) is 11.1 Å². The van der Waals surface area contributed by atoms with Crippen LogP contribution in [0.25, 0.3) is 0 Å². The van der Waals surface area contributed by atoms with Crippen LogP contribution in [0.4, 0.5) is 0 Å². The number of carbonyl (C=O) groups excluding carboxylic acids is 1. The second-order valence-electron chi connectivity index (χ2n) is 4.11. The lowest BCUT2D eigenvalue weighted by molar-refractivity contribution is -0.155. The van der Waals surface area contributed by atoms with Gasteiger partial charge in [0.1, 0.15) is 0 Å². The van der Waals surface area contributed by atoms with E-state index in [2.05, 4.69) is 0 Å². The maximum absolute atomic E-state index is 11.8. The van der Waals surface area contributed by atoms with Gasteiger partial charge in [0.25, 0.3) is 0 Å². The number of carbonyl (C=O) groups is 1. The second-order valence-corrected chi connectivity index (χ2v) is 4.11. The summed E-state index contributed by atoms with van der Waals surface area (Å²) in [6.07, 6.45) is -0.689. The fourth-order valence-electron chi connectivity index (χ4n) is 1.79. The van der Waals surface area contributed by atoms with E-state index in [1.807, 2.05) is 60.7 Å². The Balaban J connectivity index is 2.09. The highest BCUT2D eigenvalue weighted by atomic mass is 16.6. The highest BCUT2D eigenvalue weighted by Gasteiger charge is 2.21. The standard InChI is InChI=1S/C16H16O3/c1-18-16(17)15(14-10-6-3-7-11-14)19-12-13-8-4-2-5-9-13/h2-11,15H,12H2,1H3/t15-/m1/s1. The van der Waals surface area contributed by atoms with Crippen LogP contribution in [-0.2, 0) is 20.9 Å². The van der Waals surface area contributed by atoms with Gasteiger partial charge in [-0.3, -0.25) is 0 Å². The zero-order valence-corrected chi connectivity index (χ0v) is 10.8. The van der Waals surface area contributed by atoms with E-state index >= 15 is 0 Å². The van der Waals surface area contributed by atoms with Gasteiger partial charge in [-0.2, -0.15) is 0 Å². The molecule has 3 heteroatoms. The molecule has 0 unspecified atom stereocenters. The van der Waals surface area contributed by atoms with Gasteiger partial charge in [-0.1, -0.05) is 60.7 Å². The molecule has 0 saturated heterocycles. The molecular formula is C16H16O3. The lowest BCUT2D eigenvalue weighted by Gasteiger charge is -2.16. The molecule has 0 aliphatic rings. The third kappa shape index (κ3) is 3.66. The molecule has 0 aliphatic carbocycles. The van der Waals surface area contributed by atoms with Crippen LogP contribution in [0, 0.1) is 0 Å². The summed E-state index contributed by atoms with van der Waals surface area (Å²) in [5.74, 6) is -0.387. The van der Waals surface area contributed by atoms with Crippen LogP contribution in [0.2, 0.25) is 0 Å². The molecule has 19 heavy (non-hydrogen) atoms. The average Bonchev–Trinajstić information content (AvgIpc) is 2.49. The van der Waals surface area contributed by atoms with Gasteiger partial charge in [-0.25, -0.2) is 4.79 Å². The molecular weight excluding hydrogens is 240 g/mol. The first-order valence-electron chi connectivity index (χ1n) is 6.09. The molecule has 2 aromatic carbocycles. The SMILES string of the molecule is COC(=O)[C@H](OCc1ccccc1)c1ccccc1. The molecule has 0 aliphatic heterocycles. The number of benzene rings is 2. The molecule has 3 nitrogen and oxygen atoms in total. The Morgan fingerprint density at radius 2 is 1.58 bits per heavy atom. The Labute approximate surface area is 112 Å². The Bertz CT molecular complexity index is 508. The van der Waals surface area contributed by atoms with Crippen LogP contribution in [0.5, 0.6) is 0 Å². The van der Waals surface area contributed by atoms with Crippen LogP contribution in [0.15, 0.2) is 60.7 Å². The van der Waals surface area contributed by atoms with Crippen molar-refractivity contribution < 1.29 is 14.3 Å².